The summed E-state index contributed by atoms with van der Waals surface area (Å²) >= 11 is 0.621. The van der Waals surface area contributed by atoms with Crippen LogP contribution in [0.3, 0.4) is 0 Å². The smallest absolute Gasteiger partial charge is 0.328 e. The Morgan fingerprint density at radius 1 is 1.39 bits per heavy atom. The summed E-state index contributed by atoms with van der Waals surface area (Å²) in [6.45, 7) is 1.37. The Bertz CT molecular complexity index is 730. The number of amides is 2. The van der Waals surface area contributed by atoms with Gasteiger partial charge in [0.15, 0.2) is 0 Å². The number of para-hydroxylation sites is 1. The third-order valence-electron chi connectivity index (χ3n) is 3.17. The molecule has 1 heterocycles. The van der Waals surface area contributed by atoms with Crippen molar-refractivity contribution in [2.75, 3.05) is 7.11 Å². The number of hydrogen-bond donors (Lipinski definition) is 0. The third-order valence-corrected chi connectivity index (χ3v) is 4.06. The zero-order valence-corrected chi connectivity index (χ0v) is 13.0. The highest BCUT2D eigenvalue weighted by Crippen LogP contribution is 2.35. The van der Waals surface area contributed by atoms with Crippen LogP contribution in [-0.2, 0) is 14.3 Å². The lowest BCUT2D eigenvalue weighted by atomic mass is 10.1. The molecule has 1 aromatic carbocycles. The fourth-order valence-electron chi connectivity index (χ4n) is 2.01. The number of carbonyl (C=O) groups excluding carboxylic acids is 3. The van der Waals surface area contributed by atoms with Gasteiger partial charge in [-0.15, -0.1) is 0 Å². The highest BCUT2D eigenvalue weighted by atomic mass is 32.2. The molecule has 0 bridgehead atoms. The molecule has 0 radical (unpaired) electrons. The van der Waals surface area contributed by atoms with Crippen molar-refractivity contribution in [3.05, 3.63) is 44.8 Å². The minimum absolute atomic E-state index is 0.0139. The highest BCUT2D eigenvalue weighted by molar-refractivity contribution is 8.18. The minimum Gasteiger partial charge on any atom is -0.467 e. The van der Waals surface area contributed by atoms with E-state index in [-0.39, 0.29) is 16.2 Å². The predicted molar refractivity (Wildman–Crippen MR) is 82.4 cm³/mol. The molecule has 0 aliphatic carbocycles. The quantitative estimate of drug-likeness (QED) is 0.359. The Morgan fingerprint density at radius 2 is 2.04 bits per heavy atom. The fraction of sp³-hybridized carbons (Fsp3) is 0.214. The van der Waals surface area contributed by atoms with Gasteiger partial charge in [0.05, 0.1) is 22.5 Å². The molecule has 0 N–H and O–H groups in total. The van der Waals surface area contributed by atoms with Crippen LogP contribution in [-0.4, -0.2) is 40.1 Å². The molecule has 23 heavy (non-hydrogen) atoms. The lowest BCUT2D eigenvalue weighted by Gasteiger charge is -2.18. The van der Waals surface area contributed by atoms with Gasteiger partial charge in [-0.3, -0.25) is 24.6 Å². The molecular formula is C14H12N2O6S. The SMILES string of the molecule is COC(=O)[C@@H](C)N1C(=O)S/C(=C/c2ccccc2[N+](=O)[O-])C1=O. The second-order valence-corrected chi connectivity index (χ2v) is 5.56. The Balaban J connectivity index is 2.36. The normalized spacial score (nSPS) is 17.5. The van der Waals surface area contributed by atoms with Gasteiger partial charge in [0.2, 0.25) is 0 Å². The Kier molecular flexibility index (Phi) is 4.80. The number of carbonyl (C=O) groups is 3. The maximum absolute atomic E-state index is 12.3. The van der Waals surface area contributed by atoms with Gasteiger partial charge >= 0.3 is 5.97 Å². The molecule has 8 nitrogen and oxygen atoms in total. The van der Waals surface area contributed by atoms with Crippen LogP contribution in [0.5, 0.6) is 0 Å². The van der Waals surface area contributed by atoms with Crippen LogP contribution in [0.1, 0.15) is 12.5 Å². The van der Waals surface area contributed by atoms with Crippen LogP contribution in [0.15, 0.2) is 29.2 Å². The molecule has 1 saturated heterocycles. The van der Waals surface area contributed by atoms with Gasteiger partial charge in [0.25, 0.3) is 16.8 Å². The number of imide groups is 1. The number of nitrogens with zero attached hydrogens (tertiary/aromatic N) is 2. The lowest BCUT2D eigenvalue weighted by Crippen LogP contribution is -2.42. The molecule has 2 rings (SSSR count). The summed E-state index contributed by atoms with van der Waals surface area (Å²) in [5.74, 6) is -1.41. The van der Waals surface area contributed by atoms with Crippen LogP contribution in [0.25, 0.3) is 6.08 Å². The van der Waals surface area contributed by atoms with Gasteiger partial charge in [-0.25, -0.2) is 4.79 Å². The lowest BCUT2D eigenvalue weighted by molar-refractivity contribution is -0.385. The van der Waals surface area contributed by atoms with E-state index in [1.54, 1.807) is 6.07 Å². The van der Waals surface area contributed by atoms with E-state index in [1.165, 1.54) is 31.2 Å². The molecule has 2 amide bonds. The minimum atomic E-state index is -1.07. The van der Waals surface area contributed by atoms with E-state index in [9.17, 15) is 24.5 Å². The maximum Gasteiger partial charge on any atom is 0.328 e. The molecular weight excluding hydrogens is 324 g/mol. The first-order valence-corrected chi connectivity index (χ1v) is 7.26. The van der Waals surface area contributed by atoms with Crippen LogP contribution < -0.4 is 0 Å². The molecule has 1 aliphatic heterocycles. The molecule has 1 atom stereocenters. The second kappa shape index (κ2) is 6.61. The first-order valence-electron chi connectivity index (χ1n) is 6.45. The van der Waals surface area contributed by atoms with Gasteiger partial charge in [0.1, 0.15) is 6.04 Å². The van der Waals surface area contributed by atoms with E-state index in [1.807, 2.05) is 0 Å². The fourth-order valence-corrected chi connectivity index (χ4v) is 2.91. The van der Waals surface area contributed by atoms with Crippen molar-refractivity contribution in [3.63, 3.8) is 0 Å². The summed E-state index contributed by atoms with van der Waals surface area (Å²) in [5.41, 5.74) is 0.0223. The van der Waals surface area contributed by atoms with Gasteiger partial charge < -0.3 is 4.74 Å². The molecule has 0 unspecified atom stereocenters. The topological polar surface area (TPSA) is 107 Å². The van der Waals surface area contributed by atoms with Crippen molar-refractivity contribution in [1.82, 2.24) is 4.90 Å². The van der Waals surface area contributed by atoms with Crippen LogP contribution >= 0.6 is 11.8 Å². The number of esters is 1. The Hall–Kier alpha value is -2.68. The summed E-state index contributed by atoms with van der Waals surface area (Å²) in [5, 5.41) is 10.4. The number of hydrogen-bond acceptors (Lipinski definition) is 7. The highest BCUT2D eigenvalue weighted by Gasteiger charge is 2.41. The van der Waals surface area contributed by atoms with E-state index in [0.717, 1.165) is 12.0 Å². The molecule has 0 spiro atoms. The van der Waals surface area contributed by atoms with Crippen molar-refractivity contribution < 1.29 is 24.0 Å². The molecule has 0 aromatic heterocycles. The number of rotatable bonds is 4. The predicted octanol–water partition coefficient (Wildman–Crippen LogP) is 2.19. The van der Waals surface area contributed by atoms with Gasteiger partial charge in [-0.05, 0) is 30.8 Å². The average Bonchev–Trinajstić information content (AvgIpc) is 2.80. The number of ether oxygens (including phenoxy) is 1. The molecule has 120 valence electrons. The van der Waals surface area contributed by atoms with E-state index < -0.39 is 28.1 Å². The summed E-state index contributed by atoms with van der Waals surface area (Å²) in [6.07, 6.45) is 1.27. The number of thioether (sulfide) groups is 1. The van der Waals surface area contributed by atoms with E-state index in [4.69, 9.17) is 0 Å². The van der Waals surface area contributed by atoms with E-state index in [2.05, 4.69) is 4.74 Å². The summed E-state index contributed by atoms with van der Waals surface area (Å²) in [6, 6.07) is 4.79. The maximum atomic E-state index is 12.3. The van der Waals surface area contributed by atoms with Crippen molar-refractivity contribution in [2.45, 2.75) is 13.0 Å². The number of benzene rings is 1. The van der Waals surface area contributed by atoms with Crippen molar-refractivity contribution in [2.24, 2.45) is 0 Å². The van der Waals surface area contributed by atoms with Gasteiger partial charge in [0, 0.05) is 6.07 Å². The summed E-state index contributed by atoms with van der Waals surface area (Å²) in [4.78, 5) is 47.0. The molecule has 0 saturated carbocycles. The van der Waals surface area contributed by atoms with Crippen molar-refractivity contribution >= 4 is 40.6 Å². The number of nitro benzene ring substituents is 1. The van der Waals surface area contributed by atoms with E-state index in [0.29, 0.717) is 11.8 Å². The molecule has 1 aromatic rings. The van der Waals surface area contributed by atoms with Gasteiger partial charge in [-0.2, -0.15) is 0 Å². The zero-order valence-electron chi connectivity index (χ0n) is 12.2. The average molecular weight is 336 g/mol. The van der Waals surface area contributed by atoms with Gasteiger partial charge in [-0.1, -0.05) is 12.1 Å². The van der Waals surface area contributed by atoms with Crippen LogP contribution in [0.2, 0.25) is 0 Å². The molecule has 1 aliphatic rings. The van der Waals surface area contributed by atoms with E-state index >= 15 is 0 Å². The third kappa shape index (κ3) is 3.24. The first-order chi connectivity index (χ1) is 10.9. The largest absolute Gasteiger partial charge is 0.467 e. The Morgan fingerprint density at radius 3 is 2.65 bits per heavy atom. The molecule has 1 fully saturated rings. The number of methoxy groups -OCH3 is 1. The standard InChI is InChI=1S/C14H12N2O6S/c1-8(13(18)22-2)15-12(17)11(23-14(15)19)7-9-5-3-4-6-10(9)16(20)21/h3-8H,1-2H3/b11-7+/t8-/m1/s1. The summed E-state index contributed by atoms with van der Waals surface area (Å²) < 4.78 is 4.52. The van der Waals surface area contributed by atoms with Crippen LogP contribution in [0.4, 0.5) is 10.5 Å². The first kappa shape index (κ1) is 16.7. The van der Waals surface area contributed by atoms with Crippen molar-refractivity contribution in [1.29, 1.82) is 0 Å². The zero-order chi connectivity index (χ0) is 17.1. The monoisotopic (exact) mass is 336 g/mol. The van der Waals surface area contributed by atoms with Crippen LogP contribution in [0, 0.1) is 10.1 Å². The van der Waals surface area contributed by atoms with Crippen molar-refractivity contribution in [3.8, 4) is 0 Å². The summed E-state index contributed by atoms with van der Waals surface area (Å²) in [7, 11) is 1.15. The Labute approximate surface area is 135 Å². The second-order valence-electron chi connectivity index (χ2n) is 4.57. The molecule has 9 heteroatoms. The number of nitro groups is 1.